The van der Waals surface area contributed by atoms with E-state index in [4.69, 9.17) is 22.3 Å². The number of imidazole rings is 1. The van der Waals surface area contributed by atoms with E-state index in [0.29, 0.717) is 49.2 Å². The number of carbonyl (C=O) groups is 1. The Morgan fingerprint density at radius 1 is 1.11 bits per heavy atom. The minimum atomic E-state index is -0.847. The van der Waals surface area contributed by atoms with Crippen molar-refractivity contribution in [2.45, 2.75) is 69.6 Å². The molecule has 3 aromatic rings. The van der Waals surface area contributed by atoms with Crippen LogP contribution in [0.3, 0.4) is 0 Å². The number of nitrogens with two attached hydrogens (primary N) is 1. The molecular formula is C24H28ClF2N7O2. The Kier molecular flexibility index (Phi) is 6.94. The van der Waals surface area contributed by atoms with Crippen LogP contribution in [0, 0.1) is 17.6 Å². The zero-order chi connectivity index (χ0) is 25.4. The number of rotatable bonds is 6. The fraction of sp³-hybridized carbons (Fsp3) is 0.500. The van der Waals surface area contributed by atoms with E-state index in [9.17, 15) is 18.7 Å². The first-order chi connectivity index (χ1) is 17.3. The number of hydrogen-bond acceptors (Lipinski definition) is 7. The fourth-order valence-corrected chi connectivity index (χ4v) is 5.46. The quantitative estimate of drug-likeness (QED) is 0.379. The lowest BCUT2D eigenvalue weighted by atomic mass is 9.85. The van der Waals surface area contributed by atoms with Gasteiger partial charge in [-0.05, 0) is 63.5 Å². The van der Waals surface area contributed by atoms with E-state index in [1.807, 2.05) is 4.57 Å². The summed E-state index contributed by atoms with van der Waals surface area (Å²) in [7, 11) is 0. The van der Waals surface area contributed by atoms with Crippen LogP contribution in [0.25, 0.3) is 11.2 Å². The summed E-state index contributed by atoms with van der Waals surface area (Å²) in [5.74, 6) is -1.61. The van der Waals surface area contributed by atoms with Gasteiger partial charge in [0.15, 0.2) is 17.3 Å². The largest absolute Gasteiger partial charge is 0.393 e. The molecule has 1 aromatic carbocycles. The second-order valence-electron chi connectivity index (χ2n) is 9.65. The van der Waals surface area contributed by atoms with Gasteiger partial charge < -0.3 is 21.5 Å². The number of nitrogens with one attached hydrogen (secondary N) is 2. The molecular weight excluding hydrogens is 492 g/mol. The van der Waals surface area contributed by atoms with E-state index in [-0.39, 0.29) is 46.7 Å². The number of primary amides is 1. The maximum absolute atomic E-state index is 14.6. The van der Waals surface area contributed by atoms with Gasteiger partial charge in [0.25, 0.3) is 0 Å². The highest BCUT2D eigenvalue weighted by Gasteiger charge is 2.30. The van der Waals surface area contributed by atoms with E-state index >= 15 is 0 Å². The van der Waals surface area contributed by atoms with Crippen LogP contribution < -0.4 is 16.4 Å². The number of fused-ring (bicyclic) bond motifs is 1. The smallest absolute Gasteiger partial charge is 0.224 e. The van der Waals surface area contributed by atoms with Crippen LogP contribution in [-0.2, 0) is 4.79 Å². The minimum Gasteiger partial charge on any atom is -0.393 e. The van der Waals surface area contributed by atoms with Crippen molar-refractivity contribution in [2.75, 3.05) is 10.6 Å². The normalized spacial score (nSPS) is 24.6. The van der Waals surface area contributed by atoms with Crippen molar-refractivity contribution in [3.05, 3.63) is 35.0 Å². The van der Waals surface area contributed by atoms with Crippen LogP contribution >= 0.6 is 11.6 Å². The zero-order valence-corrected chi connectivity index (χ0v) is 20.3. The Morgan fingerprint density at radius 2 is 1.83 bits per heavy atom. The Morgan fingerprint density at radius 3 is 2.50 bits per heavy atom. The van der Waals surface area contributed by atoms with Crippen LogP contribution in [-0.4, -0.2) is 42.7 Å². The molecule has 5 rings (SSSR count). The first kappa shape index (κ1) is 24.6. The number of carbonyl (C=O) groups excluding carboxylic acids is 1. The van der Waals surface area contributed by atoms with Crippen LogP contribution in [0.15, 0.2) is 18.3 Å². The maximum atomic E-state index is 14.6. The molecule has 2 atom stereocenters. The summed E-state index contributed by atoms with van der Waals surface area (Å²) in [5.41, 5.74) is 6.10. The standard InChI is InChI=1S/C24H28ClF2N7O2/c25-13-8-17(26)20(18(27)9-13)32-24-31-19-11-29-23(30-14-2-1-3-16(35)10-14)33-22(19)34(24)15-6-4-12(5-7-15)21(28)36/h8-9,11-12,14-16,35H,1-7,10H2,(H2,28,36)(H,31,32)(H,29,30,33)/t12?,14?,15?,16-/m1/s1. The molecule has 5 N–H and O–H groups in total. The van der Waals surface area contributed by atoms with Gasteiger partial charge in [-0.15, -0.1) is 0 Å². The molecule has 12 heteroatoms. The minimum absolute atomic E-state index is 0.0448. The number of halogens is 3. The summed E-state index contributed by atoms with van der Waals surface area (Å²) in [6.07, 6.45) is 6.86. The van der Waals surface area contributed by atoms with Crippen LogP contribution in [0.4, 0.5) is 26.4 Å². The molecule has 0 aliphatic heterocycles. The van der Waals surface area contributed by atoms with Gasteiger partial charge in [0.1, 0.15) is 11.2 Å². The van der Waals surface area contributed by atoms with Gasteiger partial charge in [0.2, 0.25) is 17.8 Å². The number of hydrogen-bond donors (Lipinski definition) is 4. The number of amides is 1. The SMILES string of the molecule is NC(=O)C1CCC(n2c(Nc3c(F)cc(Cl)cc3F)nc3cnc(NC4CCC[C@@H](O)C4)nc32)CC1. The number of anilines is 3. The van der Waals surface area contributed by atoms with Crippen molar-refractivity contribution in [1.82, 2.24) is 19.5 Å². The average Bonchev–Trinajstić information content (AvgIpc) is 3.18. The Labute approximate surface area is 211 Å². The molecule has 2 aromatic heterocycles. The second-order valence-corrected chi connectivity index (χ2v) is 10.1. The fourth-order valence-electron chi connectivity index (χ4n) is 5.26. The van der Waals surface area contributed by atoms with Crippen molar-refractivity contribution in [2.24, 2.45) is 11.7 Å². The van der Waals surface area contributed by atoms with E-state index in [0.717, 1.165) is 31.4 Å². The van der Waals surface area contributed by atoms with Crippen molar-refractivity contribution in [1.29, 1.82) is 0 Å². The van der Waals surface area contributed by atoms with Gasteiger partial charge in [0, 0.05) is 23.0 Å². The predicted octanol–water partition coefficient (Wildman–Crippen LogP) is 4.43. The van der Waals surface area contributed by atoms with E-state index in [2.05, 4.69) is 20.6 Å². The van der Waals surface area contributed by atoms with Crippen molar-refractivity contribution in [3.8, 4) is 0 Å². The molecule has 1 amide bonds. The molecule has 36 heavy (non-hydrogen) atoms. The number of aliphatic hydroxyl groups is 1. The first-order valence-electron chi connectivity index (χ1n) is 12.2. The summed E-state index contributed by atoms with van der Waals surface area (Å²) in [5, 5.41) is 16.0. The Hall–Kier alpha value is -3.05. The molecule has 2 aliphatic rings. The molecule has 2 aliphatic carbocycles. The summed E-state index contributed by atoms with van der Waals surface area (Å²) in [4.78, 5) is 25.3. The highest BCUT2D eigenvalue weighted by Crippen LogP contribution is 2.38. The van der Waals surface area contributed by atoms with Crippen LogP contribution in [0.5, 0.6) is 0 Å². The van der Waals surface area contributed by atoms with Gasteiger partial charge in [-0.25, -0.2) is 18.7 Å². The van der Waals surface area contributed by atoms with E-state index in [1.165, 1.54) is 0 Å². The summed E-state index contributed by atoms with van der Waals surface area (Å²) in [6.45, 7) is 0. The number of aromatic nitrogens is 4. The molecule has 0 saturated heterocycles. The molecule has 0 radical (unpaired) electrons. The average molecular weight is 520 g/mol. The molecule has 9 nitrogen and oxygen atoms in total. The van der Waals surface area contributed by atoms with E-state index in [1.54, 1.807) is 6.20 Å². The monoisotopic (exact) mass is 519 g/mol. The predicted molar refractivity (Wildman–Crippen MR) is 132 cm³/mol. The van der Waals surface area contributed by atoms with Crippen molar-refractivity contribution < 1.29 is 18.7 Å². The third kappa shape index (κ3) is 5.08. The molecule has 0 spiro atoms. The molecule has 0 bridgehead atoms. The summed E-state index contributed by atoms with van der Waals surface area (Å²) in [6, 6.07) is 1.98. The molecule has 2 saturated carbocycles. The number of benzene rings is 1. The van der Waals surface area contributed by atoms with Crippen LogP contribution in [0.1, 0.15) is 57.4 Å². The highest BCUT2D eigenvalue weighted by atomic mass is 35.5. The lowest BCUT2D eigenvalue weighted by Gasteiger charge is -2.29. The number of nitrogens with zero attached hydrogens (tertiary/aromatic N) is 4. The van der Waals surface area contributed by atoms with E-state index < -0.39 is 11.6 Å². The van der Waals surface area contributed by atoms with Crippen LogP contribution in [0.2, 0.25) is 5.02 Å². The molecule has 2 fully saturated rings. The first-order valence-corrected chi connectivity index (χ1v) is 12.6. The van der Waals surface area contributed by atoms with Crippen molar-refractivity contribution in [3.63, 3.8) is 0 Å². The van der Waals surface area contributed by atoms with Gasteiger partial charge in [-0.2, -0.15) is 4.98 Å². The zero-order valence-electron chi connectivity index (χ0n) is 19.6. The summed E-state index contributed by atoms with van der Waals surface area (Å²) >= 11 is 5.78. The summed E-state index contributed by atoms with van der Waals surface area (Å²) < 4.78 is 31.0. The third-order valence-corrected chi connectivity index (χ3v) is 7.34. The second kappa shape index (κ2) is 10.1. The van der Waals surface area contributed by atoms with Gasteiger partial charge in [-0.1, -0.05) is 11.6 Å². The third-order valence-electron chi connectivity index (χ3n) is 7.12. The Balaban J connectivity index is 1.51. The topological polar surface area (TPSA) is 131 Å². The highest BCUT2D eigenvalue weighted by molar-refractivity contribution is 6.30. The molecule has 192 valence electrons. The van der Waals surface area contributed by atoms with Gasteiger partial charge >= 0.3 is 0 Å². The van der Waals surface area contributed by atoms with Crippen molar-refractivity contribution >= 4 is 46.3 Å². The lowest BCUT2D eigenvalue weighted by molar-refractivity contribution is -0.122. The molecule has 1 unspecified atom stereocenters. The van der Waals surface area contributed by atoms with Gasteiger partial charge in [-0.3, -0.25) is 9.36 Å². The Bertz CT molecular complexity index is 1260. The lowest BCUT2D eigenvalue weighted by Crippen LogP contribution is -2.30. The van der Waals surface area contributed by atoms with Gasteiger partial charge in [0.05, 0.1) is 12.3 Å². The maximum Gasteiger partial charge on any atom is 0.224 e. The molecule has 2 heterocycles. The number of aliphatic hydroxyl groups excluding tert-OH is 1.